The van der Waals surface area contributed by atoms with Gasteiger partial charge < -0.3 is 35.2 Å². The Morgan fingerprint density at radius 2 is 1.59 bits per heavy atom. The predicted molar refractivity (Wildman–Crippen MR) is 260 cm³/mol. The van der Waals surface area contributed by atoms with Gasteiger partial charge in [0.2, 0.25) is 29.5 Å². The smallest absolute Gasteiger partial charge is 0.253 e. The van der Waals surface area contributed by atoms with Crippen molar-refractivity contribution in [2.75, 3.05) is 34.4 Å². The maximum absolute atomic E-state index is 14.7. The Morgan fingerprint density at radius 3 is 2.21 bits per heavy atom. The second-order valence-corrected chi connectivity index (χ2v) is 20.5. The zero-order valence-electron chi connectivity index (χ0n) is 41.4. The fraction of sp³-hybridized carbons (Fsp3) is 0.647. The summed E-state index contributed by atoms with van der Waals surface area (Å²) in [6.07, 6.45) is 11.6. The van der Waals surface area contributed by atoms with E-state index in [0.29, 0.717) is 38.6 Å². The van der Waals surface area contributed by atoms with Crippen molar-refractivity contribution in [3.63, 3.8) is 0 Å². The Bertz CT molecular complexity index is 2020. The molecule has 1 saturated heterocycles. The van der Waals surface area contributed by atoms with Crippen LogP contribution in [0.4, 0.5) is 0 Å². The predicted octanol–water partition coefficient (Wildman–Crippen LogP) is 5.52. The number of nitrogens with zero attached hydrogens (tertiary/aromatic N) is 4. The van der Waals surface area contributed by atoms with Gasteiger partial charge in [0.25, 0.3) is 11.8 Å². The fourth-order valence-electron chi connectivity index (χ4n) is 10.1. The number of carbonyl (C=O) groups is 7. The van der Waals surface area contributed by atoms with Crippen molar-refractivity contribution in [3.8, 4) is 0 Å². The number of nitrogens with one attached hydrogen (secondary N) is 3. The molecule has 2 aliphatic heterocycles. The summed E-state index contributed by atoms with van der Waals surface area (Å²) < 4.78 is 12.3. The van der Waals surface area contributed by atoms with E-state index in [9.17, 15) is 33.6 Å². The largest absolute Gasteiger partial charge is 0.379 e. The van der Waals surface area contributed by atoms with Crippen molar-refractivity contribution in [1.29, 1.82) is 0 Å². The first kappa shape index (κ1) is 53.9. The highest BCUT2D eigenvalue weighted by molar-refractivity contribution is 7.09. The highest BCUT2D eigenvalue weighted by atomic mass is 32.1. The molecule has 2 aromatic rings. The van der Waals surface area contributed by atoms with Crippen molar-refractivity contribution in [1.82, 2.24) is 35.6 Å². The van der Waals surface area contributed by atoms with Gasteiger partial charge in [-0.3, -0.25) is 38.5 Å². The number of unbranched alkanes of at least 4 members (excludes halogenated alkanes) is 2. The summed E-state index contributed by atoms with van der Waals surface area (Å²) in [7, 11) is 4.89. The Morgan fingerprint density at radius 1 is 0.897 bits per heavy atom. The first-order valence-electron chi connectivity index (χ1n) is 24.5. The topological polar surface area (TPSA) is 197 Å². The van der Waals surface area contributed by atoms with E-state index in [0.717, 1.165) is 49.1 Å². The number of hydrogen-bond donors (Lipinski definition) is 3. The molecule has 0 spiro atoms. The summed E-state index contributed by atoms with van der Waals surface area (Å²) in [6.45, 7) is 9.54. The number of likely N-dealkylation sites (N-methyl/N-ethyl adjacent to an activating group) is 1. The first-order valence-corrected chi connectivity index (χ1v) is 25.4. The zero-order valence-corrected chi connectivity index (χ0v) is 42.2. The van der Waals surface area contributed by atoms with Gasteiger partial charge in [0.15, 0.2) is 0 Å². The lowest BCUT2D eigenvalue weighted by molar-refractivity contribution is -0.148. The van der Waals surface area contributed by atoms with Gasteiger partial charge in [-0.2, -0.15) is 0 Å². The van der Waals surface area contributed by atoms with Gasteiger partial charge in [0.05, 0.1) is 42.7 Å². The molecule has 0 unspecified atom stereocenters. The van der Waals surface area contributed by atoms with Crippen molar-refractivity contribution in [2.24, 2.45) is 17.8 Å². The minimum Gasteiger partial charge on any atom is -0.379 e. The van der Waals surface area contributed by atoms with Gasteiger partial charge in [-0.05, 0) is 76.2 Å². The number of rotatable bonds is 25. The molecule has 3 heterocycles. The Hall–Kier alpha value is -5.00. The number of thiazole rings is 1. The average Bonchev–Trinajstić information content (AvgIpc) is 4.11. The molecule has 0 radical (unpaired) electrons. The highest BCUT2D eigenvalue weighted by Gasteiger charge is 2.44. The van der Waals surface area contributed by atoms with Gasteiger partial charge in [0.1, 0.15) is 16.6 Å². The van der Waals surface area contributed by atoms with Crippen molar-refractivity contribution >= 4 is 52.7 Å². The minimum absolute atomic E-state index is 0.00940. The summed E-state index contributed by atoms with van der Waals surface area (Å²) in [6, 6.07) is 7.87. The monoisotopic (exact) mass is 962 g/mol. The molecule has 3 N–H and O–H groups in total. The quantitative estimate of drug-likeness (QED) is 0.0843. The van der Waals surface area contributed by atoms with E-state index in [4.69, 9.17) is 9.47 Å². The lowest BCUT2D eigenvalue weighted by atomic mass is 9.80. The van der Waals surface area contributed by atoms with Crippen LogP contribution in [0.25, 0.3) is 0 Å². The molecule has 1 aliphatic carbocycles. The molecule has 2 fully saturated rings. The molecule has 17 heteroatoms. The van der Waals surface area contributed by atoms with Crippen LogP contribution in [-0.4, -0.2) is 131 Å². The van der Waals surface area contributed by atoms with Crippen LogP contribution in [-0.2, 0) is 49.5 Å². The van der Waals surface area contributed by atoms with Crippen molar-refractivity contribution < 1.29 is 43.0 Å². The molecule has 68 heavy (non-hydrogen) atoms. The Balaban J connectivity index is 1.23. The number of hydrogen-bond acceptors (Lipinski definition) is 11. The van der Waals surface area contributed by atoms with E-state index in [1.54, 1.807) is 46.2 Å². The molecular weight excluding hydrogens is 887 g/mol. The van der Waals surface area contributed by atoms with Gasteiger partial charge in [0, 0.05) is 64.5 Å². The van der Waals surface area contributed by atoms with Crippen molar-refractivity contribution in [2.45, 2.75) is 160 Å². The molecule has 1 saturated carbocycles. The molecule has 16 nitrogen and oxygen atoms in total. The number of likely N-dealkylation sites (tertiary alicyclic amines) is 1. The molecular formula is C51H75N7O9S. The molecule has 1 aromatic carbocycles. The highest BCUT2D eigenvalue weighted by Crippen LogP contribution is 2.34. The third kappa shape index (κ3) is 14.3. The van der Waals surface area contributed by atoms with Gasteiger partial charge in [-0.1, -0.05) is 76.8 Å². The van der Waals surface area contributed by atoms with E-state index in [1.165, 1.54) is 28.4 Å². The molecule has 5 rings (SSSR count). The van der Waals surface area contributed by atoms with Crippen LogP contribution in [0.2, 0.25) is 0 Å². The zero-order chi connectivity index (χ0) is 49.5. The SMILES string of the molecule is CO[C@H]([C@@H](C)C(=O)N[C@@H](Cc1ccccc1)c1nccs1)[C@@H]1CCCN1C(=O)C[C@@H](OC)[C@H](C1CCCCC1)N(C)C(=O)[C@@H](NC(=O)C(C)(C)NC(=O)CCCCCN1C(=O)C=CC1=O)C(C)C. The van der Waals surface area contributed by atoms with Crippen LogP contribution in [0.3, 0.4) is 0 Å². The first-order chi connectivity index (χ1) is 32.5. The molecule has 0 bridgehead atoms. The molecule has 3 aliphatic rings. The second-order valence-electron chi connectivity index (χ2n) is 19.6. The van der Waals surface area contributed by atoms with Crippen LogP contribution < -0.4 is 16.0 Å². The third-order valence-corrected chi connectivity index (χ3v) is 14.8. The molecule has 1 aromatic heterocycles. The number of benzene rings is 1. The number of imide groups is 1. The standard InChI is InChI=1S/C51H75N7O9S/c1-33(2)44(54-50(65)51(4,5)55-40(59)24-16-11-17-28-58-41(60)25-26-42(58)61)49(64)56(6)45(36-21-14-10-15-22-36)39(66-7)32-43(62)57-29-18-23-38(57)46(67-8)34(3)47(63)53-37(48-52-27-30-68-48)31-35-19-12-9-13-20-35/h9,12-13,19-20,25-27,30,33-34,36-39,44-46H,10-11,14-18,21-24,28-29,31-32H2,1-8H3,(H,53,63)(H,54,65)(H,55,59)/t34-,37+,38+,39-,44+,45+,46-/m1/s1. The van der Waals surface area contributed by atoms with Gasteiger partial charge >= 0.3 is 0 Å². The van der Waals surface area contributed by atoms with Crippen molar-refractivity contribution in [3.05, 3.63) is 64.6 Å². The lowest BCUT2D eigenvalue weighted by Crippen LogP contribution is -2.62. The normalized spacial score (nSPS) is 19.3. The number of carbonyl (C=O) groups excluding carboxylic acids is 7. The van der Waals surface area contributed by atoms with Crippen LogP contribution in [0.5, 0.6) is 0 Å². The Kier molecular flexibility index (Phi) is 20.3. The van der Waals surface area contributed by atoms with E-state index in [1.807, 2.05) is 61.4 Å². The van der Waals surface area contributed by atoms with Crippen LogP contribution in [0, 0.1) is 17.8 Å². The second kappa shape index (κ2) is 25.6. The molecule has 374 valence electrons. The fourth-order valence-corrected chi connectivity index (χ4v) is 10.8. The lowest BCUT2D eigenvalue weighted by Gasteiger charge is -2.43. The number of methoxy groups -OCH3 is 2. The van der Waals surface area contributed by atoms with Gasteiger partial charge in [-0.25, -0.2) is 4.98 Å². The summed E-state index contributed by atoms with van der Waals surface area (Å²) in [5, 5.41) is 11.7. The van der Waals surface area contributed by atoms with Crippen LogP contribution in [0.1, 0.15) is 128 Å². The number of aromatic nitrogens is 1. The van der Waals surface area contributed by atoms with Gasteiger partial charge in [-0.15, -0.1) is 11.3 Å². The van der Waals surface area contributed by atoms with E-state index in [2.05, 4.69) is 20.9 Å². The number of amides is 7. The van der Waals surface area contributed by atoms with Crippen LogP contribution >= 0.6 is 11.3 Å². The Labute approximate surface area is 406 Å². The summed E-state index contributed by atoms with van der Waals surface area (Å²) in [5.74, 6) is -3.00. The summed E-state index contributed by atoms with van der Waals surface area (Å²) >= 11 is 1.49. The maximum Gasteiger partial charge on any atom is 0.253 e. The number of ether oxygens (including phenoxy) is 2. The summed E-state index contributed by atoms with van der Waals surface area (Å²) in [5.41, 5.74) is -0.269. The molecule has 7 amide bonds. The van der Waals surface area contributed by atoms with Crippen LogP contribution in [0.15, 0.2) is 54.1 Å². The minimum atomic E-state index is -1.34. The molecule has 7 atom stereocenters. The van der Waals surface area contributed by atoms with E-state index in [-0.39, 0.29) is 78.7 Å². The maximum atomic E-state index is 14.7. The van der Waals surface area contributed by atoms with E-state index >= 15 is 0 Å². The van der Waals surface area contributed by atoms with E-state index < -0.39 is 41.7 Å². The average molecular weight is 962 g/mol. The summed E-state index contributed by atoms with van der Waals surface area (Å²) in [4.78, 5) is 103. The third-order valence-electron chi connectivity index (χ3n) is 13.9.